The maximum Gasteiger partial charge on any atom is 0.312 e. The predicted molar refractivity (Wildman–Crippen MR) is 103 cm³/mol. The van der Waals surface area contributed by atoms with Crippen LogP contribution in [0.3, 0.4) is 0 Å². The first-order valence-corrected chi connectivity index (χ1v) is 9.28. The van der Waals surface area contributed by atoms with E-state index in [9.17, 15) is 20.0 Å². The Morgan fingerprint density at radius 1 is 1.36 bits per heavy atom. The molecule has 2 N–H and O–H groups in total. The minimum absolute atomic E-state index is 0.102. The van der Waals surface area contributed by atoms with Crippen molar-refractivity contribution in [3.05, 3.63) is 62.7 Å². The van der Waals surface area contributed by atoms with Crippen LogP contribution in [0.25, 0.3) is 0 Å². The number of halogens is 1. The molecular formula is C19H18ClN3O5. The van der Waals surface area contributed by atoms with Gasteiger partial charge < -0.3 is 20.1 Å². The van der Waals surface area contributed by atoms with E-state index in [2.05, 4.69) is 5.32 Å². The molecule has 9 heteroatoms. The van der Waals surface area contributed by atoms with Crippen LogP contribution in [0.5, 0.6) is 5.75 Å². The molecule has 0 saturated carbocycles. The van der Waals surface area contributed by atoms with Crippen LogP contribution in [0.15, 0.2) is 36.4 Å². The number of phenolic OH excluding ortho intramolecular Hbond substituents is 1. The topological polar surface area (TPSA) is 105 Å². The molecular weight excluding hydrogens is 386 g/mol. The molecule has 2 aliphatic rings. The lowest BCUT2D eigenvalue weighted by Gasteiger charge is -2.39. The van der Waals surface area contributed by atoms with Crippen molar-refractivity contribution in [2.24, 2.45) is 0 Å². The first-order valence-electron chi connectivity index (χ1n) is 8.90. The summed E-state index contributed by atoms with van der Waals surface area (Å²) in [6.45, 7) is 0.930. The van der Waals surface area contributed by atoms with Gasteiger partial charge >= 0.3 is 5.69 Å². The number of hydrogen-bond acceptors (Lipinski definition) is 6. The molecule has 1 fully saturated rings. The van der Waals surface area contributed by atoms with Crippen molar-refractivity contribution in [1.82, 2.24) is 4.90 Å². The third-order valence-electron chi connectivity index (χ3n) is 5.02. The van der Waals surface area contributed by atoms with Crippen molar-refractivity contribution in [2.45, 2.75) is 25.1 Å². The summed E-state index contributed by atoms with van der Waals surface area (Å²) >= 11 is 6.07. The molecule has 28 heavy (non-hydrogen) atoms. The molecule has 0 radical (unpaired) electrons. The lowest BCUT2D eigenvalue weighted by atomic mass is 10.0. The zero-order valence-corrected chi connectivity index (χ0v) is 15.6. The smallest absolute Gasteiger partial charge is 0.312 e. The average molecular weight is 404 g/mol. The maximum absolute atomic E-state index is 13.2. The second kappa shape index (κ2) is 7.29. The highest BCUT2D eigenvalue weighted by molar-refractivity contribution is 6.31. The number of carbonyl (C=O) groups is 1. The number of phenols is 1. The molecule has 2 heterocycles. The van der Waals surface area contributed by atoms with Gasteiger partial charge in [-0.1, -0.05) is 23.7 Å². The number of aromatic hydroxyl groups is 1. The van der Waals surface area contributed by atoms with E-state index in [0.717, 1.165) is 18.9 Å². The number of carbonyl (C=O) groups excluding carboxylic acids is 1. The Balaban J connectivity index is 1.81. The van der Waals surface area contributed by atoms with Crippen molar-refractivity contribution < 1.29 is 19.6 Å². The van der Waals surface area contributed by atoms with Crippen molar-refractivity contribution in [3.8, 4) is 5.75 Å². The van der Waals surface area contributed by atoms with Gasteiger partial charge in [0.05, 0.1) is 16.6 Å². The monoisotopic (exact) mass is 403 g/mol. The summed E-state index contributed by atoms with van der Waals surface area (Å²) in [6.07, 6.45) is 0.786. The van der Waals surface area contributed by atoms with Crippen LogP contribution in [-0.2, 0) is 4.74 Å². The molecule has 0 aliphatic carbocycles. The fourth-order valence-corrected chi connectivity index (χ4v) is 3.91. The first kappa shape index (κ1) is 18.5. The SMILES string of the molecule is O=C1c2ccccc2N[C@H](c2cc(Cl)cc([N+](=O)[O-])c2O)N1C[C@@H]1CCCO1. The number of benzene rings is 2. The van der Waals surface area contributed by atoms with Gasteiger partial charge in [0, 0.05) is 35.5 Å². The van der Waals surface area contributed by atoms with Crippen LogP contribution >= 0.6 is 11.6 Å². The molecule has 146 valence electrons. The van der Waals surface area contributed by atoms with Gasteiger partial charge in [0.1, 0.15) is 6.17 Å². The van der Waals surface area contributed by atoms with Gasteiger partial charge in [-0.3, -0.25) is 14.9 Å². The number of amides is 1. The zero-order valence-electron chi connectivity index (χ0n) is 14.8. The van der Waals surface area contributed by atoms with E-state index in [-0.39, 0.29) is 22.6 Å². The average Bonchev–Trinajstić information content (AvgIpc) is 3.18. The lowest BCUT2D eigenvalue weighted by Crippen LogP contribution is -2.46. The van der Waals surface area contributed by atoms with Crippen LogP contribution in [0.2, 0.25) is 5.02 Å². The van der Waals surface area contributed by atoms with Gasteiger partial charge in [-0.25, -0.2) is 0 Å². The highest BCUT2D eigenvalue weighted by Crippen LogP contribution is 2.42. The number of nitrogens with zero attached hydrogens (tertiary/aromatic N) is 2. The summed E-state index contributed by atoms with van der Waals surface area (Å²) in [5.41, 5.74) is 0.739. The van der Waals surface area contributed by atoms with Crippen LogP contribution < -0.4 is 5.32 Å². The van der Waals surface area contributed by atoms with E-state index >= 15 is 0 Å². The fourth-order valence-electron chi connectivity index (χ4n) is 3.69. The number of fused-ring (bicyclic) bond motifs is 1. The van der Waals surface area contributed by atoms with Crippen molar-refractivity contribution in [3.63, 3.8) is 0 Å². The molecule has 0 bridgehead atoms. The van der Waals surface area contributed by atoms with Gasteiger partial charge in [0.25, 0.3) is 5.91 Å². The third kappa shape index (κ3) is 3.25. The zero-order chi connectivity index (χ0) is 19.8. The number of para-hydroxylation sites is 1. The molecule has 0 aromatic heterocycles. The van der Waals surface area contributed by atoms with Crippen LogP contribution in [0.4, 0.5) is 11.4 Å². The van der Waals surface area contributed by atoms with E-state index in [1.807, 2.05) is 0 Å². The Labute approximate surface area is 165 Å². The normalized spacial score (nSPS) is 21.3. The lowest BCUT2D eigenvalue weighted by molar-refractivity contribution is -0.386. The van der Waals surface area contributed by atoms with Gasteiger partial charge in [-0.2, -0.15) is 0 Å². The van der Waals surface area contributed by atoms with E-state index in [1.54, 1.807) is 24.3 Å². The second-order valence-corrected chi connectivity index (χ2v) is 7.24. The van der Waals surface area contributed by atoms with Crippen LogP contribution in [-0.4, -0.2) is 40.1 Å². The first-order chi connectivity index (χ1) is 13.5. The third-order valence-corrected chi connectivity index (χ3v) is 5.24. The van der Waals surface area contributed by atoms with E-state index in [1.165, 1.54) is 11.0 Å². The number of anilines is 1. The maximum atomic E-state index is 13.2. The highest BCUT2D eigenvalue weighted by Gasteiger charge is 2.37. The summed E-state index contributed by atoms with van der Waals surface area (Å²) < 4.78 is 5.67. The van der Waals surface area contributed by atoms with Crippen molar-refractivity contribution >= 4 is 28.9 Å². The van der Waals surface area contributed by atoms with E-state index in [0.29, 0.717) is 24.4 Å². The standard InChI is InChI=1S/C19H18ClN3O5/c20-11-8-14(17(24)16(9-11)23(26)27)18-21-15-6-2-1-5-13(15)19(25)22(18)10-12-4-3-7-28-12/h1-2,5-6,8-9,12,18,21,24H,3-4,7,10H2/t12-,18-/m0/s1. The molecule has 2 atom stereocenters. The number of hydrogen-bond donors (Lipinski definition) is 2. The Morgan fingerprint density at radius 3 is 2.86 bits per heavy atom. The molecule has 1 saturated heterocycles. The number of nitrogens with one attached hydrogen (secondary N) is 1. The summed E-state index contributed by atoms with van der Waals surface area (Å²) in [6, 6.07) is 9.54. The van der Waals surface area contributed by atoms with E-state index < -0.39 is 22.5 Å². The van der Waals surface area contributed by atoms with Gasteiger partial charge in [0.2, 0.25) is 5.75 Å². The van der Waals surface area contributed by atoms with Crippen molar-refractivity contribution in [2.75, 3.05) is 18.5 Å². The second-order valence-electron chi connectivity index (χ2n) is 6.80. The Bertz CT molecular complexity index is 945. The summed E-state index contributed by atoms with van der Waals surface area (Å²) in [7, 11) is 0. The molecule has 4 rings (SSSR count). The largest absolute Gasteiger partial charge is 0.502 e. The number of rotatable bonds is 4. The molecule has 2 aromatic carbocycles. The summed E-state index contributed by atoms with van der Waals surface area (Å²) in [4.78, 5) is 25.3. The molecule has 2 aromatic rings. The highest BCUT2D eigenvalue weighted by atomic mass is 35.5. The number of nitro benzene ring substituents is 1. The van der Waals surface area contributed by atoms with Gasteiger partial charge in [0.15, 0.2) is 0 Å². The Hall–Kier alpha value is -2.84. The Kier molecular flexibility index (Phi) is 4.82. The van der Waals surface area contributed by atoms with E-state index in [4.69, 9.17) is 16.3 Å². The number of ether oxygens (including phenoxy) is 1. The van der Waals surface area contributed by atoms with Gasteiger partial charge in [-0.05, 0) is 31.0 Å². The summed E-state index contributed by atoms with van der Waals surface area (Å²) in [5, 5.41) is 25.1. The predicted octanol–water partition coefficient (Wildman–Crippen LogP) is 3.70. The number of nitro groups is 1. The molecule has 0 spiro atoms. The Morgan fingerprint density at radius 2 is 2.14 bits per heavy atom. The van der Waals surface area contributed by atoms with Crippen LogP contribution in [0, 0.1) is 10.1 Å². The molecule has 0 unspecified atom stereocenters. The van der Waals surface area contributed by atoms with Crippen molar-refractivity contribution in [1.29, 1.82) is 0 Å². The minimum Gasteiger partial charge on any atom is -0.502 e. The quantitative estimate of drug-likeness (QED) is 0.595. The molecule has 1 amide bonds. The fraction of sp³-hybridized carbons (Fsp3) is 0.316. The van der Waals surface area contributed by atoms with Crippen LogP contribution in [0.1, 0.15) is 34.9 Å². The molecule has 8 nitrogen and oxygen atoms in total. The van der Waals surface area contributed by atoms with Gasteiger partial charge in [-0.15, -0.1) is 0 Å². The summed E-state index contributed by atoms with van der Waals surface area (Å²) in [5.74, 6) is -0.756. The molecule has 2 aliphatic heterocycles. The minimum atomic E-state index is -0.816.